The van der Waals surface area contributed by atoms with E-state index in [2.05, 4.69) is 25.1 Å². The van der Waals surface area contributed by atoms with Gasteiger partial charge >= 0.3 is 0 Å². The predicted molar refractivity (Wildman–Crippen MR) is 130 cm³/mol. The summed E-state index contributed by atoms with van der Waals surface area (Å²) in [5.41, 5.74) is 0. The molecule has 8 nitrogen and oxygen atoms in total. The molecular formula is C20H32ClIN6O2. The summed E-state index contributed by atoms with van der Waals surface area (Å²) in [7, 11) is 1.79. The largest absolute Gasteiger partial charge is 0.476 e. The van der Waals surface area contributed by atoms with Gasteiger partial charge in [0.15, 0.2) is 5.96 Å². The molecule has 0 radical (unpaired) electrons. The number of likely N-dealkylation sites (tertiary alicyclic amines) is 1. The van der Waals surface area contributed by atoms with Crippen molar-refractivity contribution in [3.8, 4) is 5.88 Å². The second-order valence-electron chi connectivity index (χ2n) is 7.37. The summed E-state index contributed by atoms with van der Waals surface area (Å²) >= 11 is 5.82. The molecule has 1 aromatic rings. The molecule has 1 unspecified atom stereocenters. The Morgan fingerprint density at radius 1 is 1.20 bits per heavy atom. The summed E-state index contributed by atoms with van der Waals surface area (Å²) in [6, 6.07) is 3.46. The van der Waals surface area contributed by atoms with Crippen LogP contribution in [0.25, 0.3) is 0 Å². The number of guanidine groups is 1. The van der Waals surface area contributed by atoms with Crippen molar-refractivity contribution in [2.75, 3.05) is 59.5 Å². The van der Waals surface area contributed by atoms with E-state index in [0.29, 0.717) is 24.1 Å². The zero-order valence-corrected chi connectivity index (χ0v) is 20.8. The van der Waals surface area contributed by atoms with E-state index in [1.165, 1.54) is 0 Å². The summed E-state index contributed by atoms with van der Waals surface area (Å²) < 4.78 is 5.61. The zero-order valence-electron chi connectivity index (χ0n) is 17.7. The lowest BCUT2D eigenvalue weighted by Gasteiger charge is -2.39. The Morgan fingerprint density at radius 3 is 2.50 bits per heavy atom. The SMILES string of the molecule is CN=C(NCCOc1ccc(Cl)cn1)N1CCN(C(C)C(=O)N2CCCC2)CC1.I. The molecule has 3 rings (SSSR count). The quantitative estimate of drug-likeness (QED) is 0.253. The number of hydrogen-bond donors (Lipinski definition) is 1. The van der Waals surface area contributed by atoms with E-state index >= 15 is 0 Å². The molecule has 1 amide bonds. The highest BCUT2D eigenvalue weighted by molar-refractivity contribution is 14.0. The molecular weight excluding hydrogens is 519 g/mol. The maximum atomic E-state index is 12.6. The number of hydrogen-bond acceptors (Lipinski definition) is 5. The molecule has 1 atom stereocenters. The van der Waals surface area contributed by atoms with Gasteiger partial charge < -0.3 is 19.9 Å². The van der Waals surface area contributed by atoms with Gasteiger partial charge in [0, 0.05) is 58.6 Å². The highest BCUT2D eigenvalue weighted by Gasteiger charge is 2.30. The van der Waals surface area contributed by atoms with Crippen molar-refractivity contribution >= 4 is 47.4 Å². The fourth-order valence-corrected chi connectivity index (χ4v) is 3.89. The maximum absolute atomic E-state index is 12.6. The average Bonchev–Trinajstić information content (AvgIpc) is 3.29. The van der Waals surface area contributed by atoms with Crippen molar-refractivity contribution in [2.24, 2.45) is 4.99 Å². The summed E-state index contributed by atoms with van der Waals surface area (Å²) in [5.74, 6) is 1.68. The second kappa shape index (κ2) is 12.5. The van der Waals surface area contributed by atoms with Gasteiger partial charge in [0.25, 0.3) is 0 Å². The Morgan fingerprint density at radius 2 is 1.90 bits per heavy atom. The monoisotopic (exact) mass is 550 g/mol. The molecule has 1 N–H and O–H groups in total. The van der Waals surface area contributed by atoms with Crippen LogP contribution in [-0.4, -0.2) is 97.1 Å². The smallest absolute Gasteiger partial charge is 0.239 e. The molecule has 0 aliphatic carbocycles. The number of piperazine rings is 1. The van der Waals surface area contributed by atoms with E-state index in [-0.39, 0.29) is 35.9 Å². The lowest BCUT2D eigenvalue weighted by atomic mass is 10.2. The van der Waals surface area contributed by atoms with Gasteiger partial charge in [-0.25, -0.2) is 4.98 Å². The van der Waals surface area contributed by atoms with Gasteiger partial charge in [0.1, 0.15) is 6.61 Å². The van der Waals surface area contributed by atoms with Crippen LogP contribution < -0.4 is 10.1 Å². The fraction of sp³-hybridized carbons (Fsp3) is 0.650. The first-order valence-electron chi connectivity index (χ1n) is 10.3. The van der Waals surface area contributed by atoms with E-state index < -0.39 is 0 Å². The van der Waals surface area contributed by atoms with Gasteiger partial charge in [-0.1, -0.05) is 11.6 Å². The topological polar surface area (TPSA) is 73.3 Å². The normalized spacial score (nSPS) is 18.7. The molecule has 0 aromatic carbocycles. The van der Waals surface area contributed by atoms with Crippen molar-refractivity contribution < 1.29 is 9.53 Å². The number of carbonyl (C=O) groups is 1. The van der Waals surface area contributed by atoms with E-state index in [9.17, 15) is 4.79 Å². The first kappa shape index (κ1) is 24.9. The van der Waals surface area contributed by atoms with Crippen LogP contribution >= 0.6 is 35.6 Å². The number of aliphatic imine (C=N–C) groups is 1. The van der Waals surface area contributed by atoms with Crippen LogP contribution in [0.15, 0.2) is 23.3 Å². The number of nitrogens with zero attached hydrogens (tertiary/aromatic N) is 5. The number of aromatic nitrogens is 1. The predicted octanol–water partition coefficient (Wildman–Crippen LogP) is 1.94. The van der Waals surface area contributed by atoms with Gasteiger partial charge in [0.05, 0.1) is 17.6 Å². The van der Waals surface area contributed by atoms with Gasteiger partial charge in [-0.05, 0) is 25.8 Å². The van der Waals surface area contributed by atoms with Gasteiger partial charge in [-0.15, -0.1) is 24.0 Å². The number of halogens is 2. The molecule has 2 aliphatic rings. The average molecular weight is 551 g/mol. The van der Waals surface area contributed by atoms with Crippen molar-refractivity contribution in [3.63, 3.8) is 0 Å². The Bertz CT molecular complexity index is 691. The zero-order chi connectivity index (χ0) is 20.6. The minimum absolute atomic E-state index is 0. The molecule has 2 aliphatic heterocycles. The van der Waals surface area contributed by atoms with Crippen molar-refractivity contribution in [3.05, 3.63) is 23.4 Å². The van der Waals surface area contributed by atoms with E-state index in [1.54, 1.807) is 25.4 Å². The summed E-state index contributed by atoms with van der Waals surface area (Å²) in [6.45, 7) is 8.36. The molecule has 3 heterocycles. The molecule has 0 bridgehead atoms. The number of amides is 1. The molecule has 2 saturated heterocycles. The summed E-state index contributed by atoms with van der Waals surface area (Å²) in [6.07, 6.45) is 3.83. The molecule has 0 saturated carbocycles. The Labute approximate surface area is 201 Å². The van der Waals surface area contributed by atoms with E-state index in [4.69, 9.17) is 16.3 Å². The minimum atomic E-state index is -0.0505. The fourth-order valence-electron chi connectivity index (χ4n) is 3.78. The first-order valence-corrected chi connectivity index (χ1v) is 10.7. The Kier molecular flexibility index (Phi) is 10.4. The first-order chi connectivity index (χ1) is 14.1. The highest BCUT2D eigenvalue weighted by atomic mass is 127. The van der Waals surface area contributed by atoms with Crippen molar-refractivity contribution in [1.29, 1.82) is 0 Å². The summed E-state index contributed by atoms with van der Waals surface area (Å²) in [4.78, 5) is 27.6. The Hall–Kier alpha value is -1.33. The van der Waals surface area contributed by atoms with Crippen LogP contribution in [0.4, 0.5) is 0 Å². The van der Waals surface area contributed by atoms with Gasteiger partial charge in [-0.3, -0.25) is 14.7 Å². The minimum Gasteiger partial charge on any atom is -0.476 e. The van der Waals surface area contributed by atoms with Crippen LogP contribution in [0.2, 0.25) is 5.02 Å². The number of carbonyl (C=O) groups excluding carboxylic acids is 1. The third kappa shape index (κ3) is 6.84. The van der Waals surface area contributed by atoms with Crippen molar-refractivity contribution in [1.82, 2.24) is 25.0 Å². The van der Waals surface area contributed by atoms with Crippen LogP contribution in [0, 0.1) is 0 Å². The number of pyridine rings is 1. The number of ether oxygens (including phenoxy) is 1. The lowest BCUT2D eigenvalue weighted by molar-refractivity contribution is -0.135. The molecule has 2 fully saturated rings. The lowest BCUT2D eigenvalue weighted by Crippen LogP contribution is -2.57. The number of rotatable bonds is 6. The van der Waals surface area contributed by atoms with Crippen LogP contribution in [-0.2, 0) is 4.79 Å². The van der Waals surface area contributed by atoms with Crippen LogP contribution in [0.3, 0.4) is 0 Å². The van der Waals surface area contributed by atoms with Crippen LogP contribution in [0.5, 0.6) is 5.88 Å². The molecule has 0 spiro atoms. The number of nitrogens with one attached hydrogen (secondary N) is 1. The molecule has 10 heteroatoms. The third-order valence-corrected chi connectivity index (χ3v) is 5.71. The Balaban J connectivity index is 0.00000320. The van der Waals surface area contributed by atoms with Gasteiger partial charge in [-0.2, -0.15) is 0 Å². The molecule has 168 valence electrons. The second-order valence-corrected chi connectivity index (χ2v) is 7.80. The van der Waals surface area contributed by atoms with E-state index in [1.807, 2.05) is 11.8 Å². The maximum Gasteiger partial charge on any atom is 0.239 e. The summed E-state index contributed by atoms with van der Waals surface area (Å²) in [5, 5.41) is 3.93. The van der Waals surface area contributed by atoms with Gasteiger partial charge in [0.2, 0.25) is 11.8 Å². The molecule has 30 heavy (non-hydrogen) atoms. The third-order valence-electron chi connectivity index (χ3n) is 5.48. The highest BCUT2D eigenvalue weighted by Crippen LogP contribution is 2.14. The van der Waals surface area contributed by atoms with E-state index in [0.717, 1.165) is 58.1 Å². The molecule has 1 aromatic heterocycles. The van der Waals surface area contributed by atoms with Crippen LogP contribution in [0.1, 0.15) is 19.8 Å². The standard InChI is InChI=1S/C20H31ClN6O2.HI/c1-16(19(28)26-8-3-4-9-26)25-10-12-27(13-11-25)20(22-2)23-7-14-29-18-6-5-17(21)15-24-18;/h5-6,15-16H,3-4,7-14H2,1-2H3,(H,22,23);1H. The van der Waals surface area contributed by atoms with Crippen molar-refractivity contribution in [2.45, 2.75) is 25.8 Å².